The normalized spacial score (nSPS) is 24.8. The van der Waals surface area contributed by atoms with E-state index < -0.39 is 0 Å². The molecule has 0 radical (unpaired) electrons. The maximum absolute atomic E-state index is 4.34. The van der Waals surface area contributed by atoms with Gasteiger partial charge in [-0.05, 0) is 58.0 Å². The molecule has 1 saturated heterocycles. The monoisotopic (exact) mass is 279 g/mol. The zero-order valence-corrected chi connectivity index (χ0v) is 12.7. The van der Waals surface area contributed by atoms with Crippen LogP contribution < -0.4 is 5.32 Å². The van der Waals surface area contributed by atoms with Gasteiger partial charge in [-0.3, -0.25) is 0 Å². The molecule has 4 heteroatoms. The van der Waals surface area contributed by atoms with E-state index in [2.05, 4.69) is 22.1 Å². The van der Waals surface area contributed by atoms with Gasteiger partial charge in [0, 0.05) is 24.0 Å². The Labute approximate surface area is 120 Å². The van der Waals surface area contributed by atoms with Crippen LogP contribution in [0.2, 0.25) is 0 Å². The second-order valence-corrected chi connectivity index (χ2v) is 7.04. The van der Waals surface area contributed by atoms with Crippen LogP contribution in [0.3, 0.4) is 0 Å². The van der Waals surface area contributed by atoms with Crippen molar-refractivity contribution in [3.63, 3.8) is 0 Å². The zero-order valence-electron chi connectivity index (χ0n) is 11.9. The van der Waals surface area contributed by atoms with Gasteiger partial charge in [-0.1, -0.05) is 0 Å². The van der Waals surface area contributed by atoms with Crippen molar-refractivity contribution in [2.45, 2.75) is 45.1 Å². The first kappa shape index (κ1) is 13.5. The number of rotatable bonds is 6. The molecule has 3 rings (SSSR count). The van der Waals surface area contributed by atoms with E-state index in [1.54, 1.807) is 0 Å². The van der Waals surface area contributed by atoms with Crippen molar-refractivity contribution in [3.8, 4) is 0 Å². The Morgan fingerprint density at radius 3 is 3.05 bits per heavy atom. The quantitative estimate of drug-likeness (QED) is 0.867. The highest BCUT2D eigenvalue weighted by Gasteiger charge is 2.24. The smallest absolute Gasteiger partial charge is 0.0797 e. The van der Waals surface area contributed by atoms with Gasteiger partial charge in [0.1, 0.15) is 0 Å². The molecule has 1 atom stereocenters. The first-order chi connectivity index (χ1) is 9.31. The predicted molar refractivity (Wildman–Crippen MR) is 80.7 cm³/mol. The number of hydrogen-bond donors (Lipinski definition) is 1. The van der Waals surface area contributed by atoms with Crippen LogP contribution in [0.5, 0.6) is 0 Å². The zero-order chi connectivity index (χ0) is 13.1. The first-order valence-electron chi connectivity index (χ1n) is 7.66. The molecule has 2 fully saturated rings. The van der Waals surface area contributed by atoms with Gasteiger partial charge in [-0.15, -0.1) is 11.3 Å². The number of hydrogen-bond acceptors (Lipinski definition) is 4. The van der Waals surface area contributed by atoms with E-state index in [0.717, 1.165) is 12.0 Å². The number of nitrogens with zero attached hydrogens (tertiary/aromatic N) is 2. The molecule has 1 aliphatic carbocycles. The molecule has 0 amide bonds. The van der Waals surface area contributed by atoms with Crippen molar-refractivity contribution >= 4 is 11.3 Å². The SMILES string of the molecule is Cc1ncsc1CCN1CCCC(CNC2CC2)C1. The summed E-state index contributed by atoms with van der Waals surface area (Å²) in [5.41, 5.74) is 3.21. The predicted octanol–water partition coefficient (Wildman–Crippen LogP) is 2.46. The summed E-state index contributed by atoms with van der Waals surface area (Å²) in [7, 11) is 0. The molecule has 1 aliphatic heterocycles. The van der Waals surface area contributed by atoms with Crippen LogP contribution in [0, 0.1) is 12.8 Å². The third-order valence-corrected chi connectivity index (χ3v) is 5.37. The average molecular weight is 279 g/mol. The highest BCUT2D eigenvalue weighted by atomic mass is 32.1. The third-order valence-electron chi connectivity index (χ3n) is 4.38. The number of likely N-dealkylation sites (tertiary alicyclic amines) is 1. The minimum absolute atomic E-state index is 0.857. The molecule has 1 aromatic rings. The van der Waals surface area contributed by atoms with Gasteiger partial charge >= 0.3 is 0 Å². The molecule has 2 heterocycles. The van der Waals surface area contributed by atoms with E-state index in [1.807, 2.05) is 16.8 Å². The van der Waals surface area contributed by atoms with Crippen molar-refractivity contribution in [3.05, 3.63) is 16.1 Å². The van der Waals surface area contributed by atoms with Crippen molar-refractivity contribution in [2.24, 2.45) is 5.92 Å². The van der Waals surface area contributed by atoms with Gasteiger partial charge in [0.15, 0.2) is 0 Å². The molecular formula is C15H25N3S. The molecule has 106 valence electrons. The number of piperidine rings is 1. The lowest BCUT2D eigenvalue weighted by Crippen LogP contribution is -2.40. The van der Waals surface area contributed by atoms with Crippen LogP contribution >= 0.6 is 11.3 Å². The second-order valence-electron chi connectivity index (χ2n) is 6.10. The van der Waals surface area contributed by atoms with Gasteiger partial charge in [0.05, 0.1) is 11.2 Å². The van der Waals surface area contributed by atoms with E-state index in [-0.39, 0.29) is 0 Å². The molecule has 1 N–H and O–H groups in total. The summed E-state index contributed by atoms with van der Waals surface area (Å²) in [5, 5.41) is 3.69. The molecule has 0 spiro atoms. The largest absolute Gasteiger partial charge is 0.314 e. The second kappa shape index (κ2) is 6.33. The number of aromatic nitrogens is 1. The molecule has 1 unspecified atom stereocenters. The van der Waals surface area contributed by atoms with E-state index in [0.29, 0.717) is 0 Å². The highest BCUT2D eigenvalue weighted by Crippen LogP contribution is 2.22. The van der Waals surface area contributed by atoms with Crippen LogP contribution in [-0.2, 0) is 6.42 Å². The molecule has 2 aliphatic rings. The Bertz CT molecular complexity index is 400. The highest BCUT2D eigenvalue weighted by molar-refractivity contribution is 7.09. The maximum Gasteiger partial charge on any atom is 0.0797 e. The van der Waals surface area contributed by atoms with Gasteiger partial charge in [-0.2, -0.15) is 0 Å². The van der Waals surface area contributed by atoms with Crippen LogP contribution in [0.1, 0.15) is 36.3 Å². The lowest BCUT2D eigenvalue weighted by Gasteiger charge is -2.32. The van der Waals surface area contributed by atoms with Gasteiger partial charge in [0.25, 0.3) is 0 Å². The lowest BCUT2D eigenvalue weighted by atomic mass is 9.97. The summed E-state index contributed by atoms with van der Waals surface area (Å²) in [4.78, 5) is 8.47. The molecule has 1 saturated carbocycles. The van der Waals surface area contributed by atoms with Gasteiger partial charge in [-0.25, -0.2) is 4.98 Å². The Hall–Kier alpha value is -0.450. The van der Waals surface area contributed by atoms with Crippen molar-refractivity contribution in [1.82, 2.24) is 15.2 Å². The van der Waals surface area contributed by atoms with Crippen LogP contribution in [-0.4, -0.2) is 42.1 Å². The fourth-order valence-electron chi connectivity index (χ4n) is 2.97. The Morgan fingerprint density at radius 1 is 1.42 bits per heavy atom. The lowest BCUT2D eigenvalue weighted by molar-refractivity contribution is 0.174. The topological polar surface area (TPSA) is 28.2 Å². The first-order valence-corrected chi connectivity index (χ1v) is 8.54. The maximum atomic E-state index is 4.34. The molecule has 1 aromatic heterocycles. The summed E-state index contributed by atoms with van der Waals surface area (Å²) >= 11 is 1.81. The summed E-state index contributed by atoms with van der Waals surface area (Å²) in [6.45, 7) is 7.16. The van der Waals surface area contributed by atoms with Crippen LogP contribution in [0.15, 0.2) is 5.51 Å². The van der Waals surface area contributed by atoms with Crippen molar-refractivity contribution in [2.75, 3.05) is 26.2 Å². The van der Waals surface area contributed by atoms with E-state index in [4.69, 9.17) is 0 Å². The van der Waals surface area contributed by atoms with Gasteiger partial charge in [0.2, 0.25) is 0 Å². The summed E-state index contributed by atoms with van der Waals surface area (Å²) in [5.74, 6) is 0.872. The van der Waals surface area contributed by atoms with E-state index in [9.17, 15) is 0 Å². The standard InChI is InChI=1S/C15H25N3S/c1-12-15(19-11-17-12)6-8-18-7-2-3-13(10-18)9-16-14-4-5-14/h11,13-14,16H,2-10H2,1H3. The molecule has 0 bridgehead atoms. The minimum Gasteiger partial charge on any atom is -0.314 e. The Morgan fingerprint density at radius 2 is 2.32 bits per heavy atom. The molecule has 0 aromatic carbocycles. The summed E-state index contributed by atoms with van der Waals surface area (Å²) < 4.78 is 0. The third kappa shape index (κ3) is 4.01. The number of thiazole rings is 1. The average Bonchev–Trinajstić information content (AvgIpc) is 3.17. The molecule has 3 nitrogen and oxygen atoms in total. The summed E-state index contributed by atoms with van der Waals surface area (Å²) in [6, 6.07) is 0.857. The van der Waals surface area contributed by atoms with E-state index in [1.165, 1.54) is 68.9 Å². The Balaban J connectivity index is 1.41. The molecule has 19 heavy (non-hydrogen) atoms. The van der Waals surface area contributed by atoms with E-state index >= 15 is 0 Å². The van der Waals surface area contributed by atoms with Gasteiger partial charge < -0.3 is 10.2 Å². The summed E-state index contributed by atoms with van der Waals surface area (Å²) in [6.07, 6.45) is 6.77. The van der Waals surface area contributed by atoms with Crippen molar-refractivity contribution < 1.29 is 0 Å². The Kier molecular flexibility index (Phi) is 4.51. The van der Waals surface area contributed by atoms with Crippen molar-refractivity contribution in [1.29, 1.82) is 0 Å². The fourth-order valence-corrected chi connectivity index (χ4v) is 3.74. The fraction of sp³-hybridized carbons (Fsp3) is 0.800. The van der Waals surface area contributed by atoms with Crippen LogP contribution in [0.4, 0.5) is 0 Å². The number of nitrogens with one attached hydrogen (secondary N) is 1. The molecular weight excluding hydrogens is 254 g/mol. The number of aryl methyl sites for hydroxylation is 1. The minimum atomic E-state index is 0.857. The van der Waals surface area contributed by atoms with Crippen LogP contribution in [0.25, 0.3) is 0 Å².